The lowest BCUT2D eigenvalue weighted by atomic mass is 10.3. The van der Waals surface area contributed by atoms with Gasteiger partial charge >= 0.3 is 0 Å². The van der Waals surface area contributed by atoms with Gasteiger partial charge in [-0.1, -0.05) is 0 Å². The maximum absolute atomic E-state index is 4.32. The molecule has 0 bridgehead atoms. The average Bonchev–Trinajstić information content (AvgIpc) is 2.88. The molecule has 0 aromatic carbocycles. The number of thiazole rings is 1. The van der Waals surface area contributed by atoms with Crippen molar-refractivity contribution < 1.29 is 0 Å². The van der Waals surface area contributed by atoms with Crippen LogP contribution in [-0.4, -0.2) is 14.8 Å². The first-order valence-electron chi connectivity index (χ1n) is 5.80. The van der Waals surface area contributed by atoms with Crippen molar-refractivity contribution in [2.75, 3.05) is 0 Å². The summed E-state index contributed by atoms with van der Waals surface area (Å²) in [5.74, 6) is 0. The Hall–Kier alpha value is -1.20. The maximum Gasteiger partial charge on any atom is 0.107 e. The molecular formula is C12H18N4S. The second-order valence-electron chi connectivity index (χ2n) is 4.39. The lowest BCUT2D eigenvalue weighted by Crippen LogP contribution is -2.12. The van der Waals surface area contributed by atoms with Gasteiger partial charge in [0.25, 0.3) is 0 Å². The Kier molecular flexibility index (Phi) is 3.91. The first kappa shape index (κ1) is 12.3. The van der Waals surface area contributed by atoms with Crippen LogP contribution in [0.1, 0.15) is 35.3 Å². The van der Waals surface area contributed by atoms with Crippen LogP contribution in [0.3, 0.4) is 0 Å². The summed E-state index contributed by atoms with van der Waals surface area (Å²) < 4.78 is 1.98. The number of nitrogens with zero attached hydrogens (tertiary/aromatic N) is 3. The Morgan fingerprint density at radius 2 is 2.18 bits per heavy atom. The van der Waals surface area contributed by atoms with Crippen LogP contribution in [0, 0.1) is 6.92 Å². The molecular weight excluding hydrogens is 232 g/mol. The summed E-state index contributed by atoms with van der Waals surface area (Å²) in [4.78, 5) is 5.57. The molecule has 5 heteroatoms. The molecule has 2 aromatic rings. The third-order valence-corrected chi connectivity index (χ3v) is 3.37. The van der Waals surface area contributed by atoms with Gasteiger partial charge in [0.15, 0.2) is 0 Å². The largest absolute Gasteiger partial charge is 0.306 e. The van der Waals surface area contributed by atoms with Gasteiger partial charge in [0.2, 0.25) is 0 Å². The third kappa shape index (κ3) is 3.38. The zero-order valence-electron chi connectivity index (χ0n) is 10.5. The van der Waals surface area contributed by atoms with Crippen LogP contribution in [0.4, 0.5) is 0 Å². The molecule has 0 unspecified atom stereocenters. The van der Waals surface area contributed by atoms with Crippen molar-refractivity contribution >= 4 is 11.3 Å². The van der Waals surface area contributed by atoms with E-state index < -0.39 is 0 Å². The number of rotatable bonds is 5. The Bertz CT molecular complexity index is 472. The van der Waals surface area contributed by atoms with Gasteiger partial charge in [-0.3, -0.25) is 4.68 Å². The fraction of sp³-hybridized carbons (Fsp3) is 0.500. The monoisotopic (exact) mass is 250 g/mol. The number of hydrogen-bond acceptors (Lipinski definition) is 4. The standard InChI is InChI=1S/C12H18N4S/c1-9(2)16-8-11(6-15-16)5-13-7-12-14-4-10(3)17-12/h4,6,8-9,13H,5,7H2,1-3H3. The normalized spacial score (nSPS) is 11.3. The lowest BCUT2D eigenvalue weighted by Gasteiger charge is -2.03. The smallest absolute Gasteiger partial charge is 0.107 e. The van der Waals surface area contributed by atoms with E-state index in [-0.39, 0.29) is 0 Å². The summed E-state index contributed by atoms with van der Waals surface area (Å²) >= 11 is 1.74. The van der Waals surface area contributed by atoms with Gasteiger partial charge in [-0.05, 0) is 20.8 Å². The summed E-state index contributed by atoms with van der Waals surface area (Å²) in [7, 11) is 0. The molecule has 1 N–H and O–H groups in total. The first-order valence-corrected chi connectivity index (χ1v) is 6.62. The lowest BCUT2D eigenvalue weighted by molar-refractivity contribution is 0.531. The SMILES string of the molecule is Cc1cnc(CNCc2cnn(C(C)C)c2)s1. The highest BCUT2D eigenvalue weighted by molar-refractivity contribution is 7.11. The van der Waals surface area contributed by atoms with Crippen LogP contribution in [0.5, 0.6) is 0 Å². The molecule has 0 saturated heterocycles. The molecule has 92 valence electrons. The van der Waals surface area contributed by atoms with Crippen LogP contribution >= 0.6 is 11.3 Å². The zero-order chi connectivity index (χ0) is 12.3. The second kappa shape index (κ2) is 5.42. The van der Waals surface area contributed by atoms with Crippen LogP contribution < -0.4 is 5.32 Å². The minimum absolute atomic E-state index is 0.422. The summed E-state index contributed by atoms with van der Waals surface area (Å²) in [6.07, 6.45) is 5.92. The summed E-state index contributed by atoms with van der Waals surface area (Å²) in [6.45, 7) is 8.00. The van der Waals surface area contributed by atoms with Crippen LogP contribution in [-0.2, 0) is 13.1 Å². The quantitative estimate of drug-likeness (QED) is 0.886. The number of aryl methyl sites for hydroxylation is 1. The predicted octanol–water partition coefficient (Wildman–Crippen LogP) is 2.52. The Labute approximate surface area is 106 Å². The van der Waals surface area contributed by atoms with Crippen molar-refractivity contribution in [1.82, 2.24) is 20.1 Å². The first-order chi connectivity index (χ1) is 8.15. The molecule has 0 atom stereocenters. The van der Waals surface area contributed by atoms with Gasteiger partial charge in [-0.25, -0.2) is 4.98 Å². The van der Waals surface area contributed by atoms with Crippen molar-refractivity contribution in [3.05, 3.63) is 34.0 Å². The fourth-order valence-electron chi connectivity index (χ4n) is 1.55. The molecule has 0 aliphatic heterocycles. The van der Waals surface area contributed by atoms with E-state index in [4.69, 9.17) is 0 Å². The number of hydrogen-bond donors (Lipinski definition) is 1. The number of aromatic nitrogens is 3. The van der Waals surface area contributed by atoms with Crippen molar-refractivity contribution in [3.8, 4) is 0 Å². The van der Waals surface area contributed by atoms with Crippen LogP contribution in [0.15, 0.2) is 18.6 Å². The molecule has 0 spiro atoms. The van der Waals surface area contributed by atoms with E-state index in [1.54, 1.807) is 11.3 Å². The van der Waals surface area contributed by atoms with E-state index in [1.807, 2.05) is 17.1 Å². The van der Waals surface area contributed by atoms with Gasteiger partial charge < -0.3 is 5.32 Å². The molecule has 2 aromatic heterocycles. The second-order valence-corrected chi connectivity index (χ2v) is 5.71. The maximum atomic E-state index is 4.32. The average molecular weight is 250 g/mol. The Morgan fingerprint density at radius 1 is 1.35 bits per heavy atom. The minimum Gasteiger partial charge on any atom is -0.306 e. The molecule has 0 fully saturated rings. The summed E-state index contributed by atoms with van der Waals surface area (Å²) in [5, 5.41) is 8.82. The molecule has 17 heavy (non-hydrogen) atoms. The van der Waals surface area contributed by atoms with Gasteiger partial charge in [0.05, 0.1) is 6.20 Å². The van der Waals surface area contributed by atoms with E-state index >= 15 is 0 Å². The minimum atomic E-state index is 0.422. The highest BCUT2D eigenvalue weighted by Gasteiger charge is 2.02. The van der Waals surface area contributed by atoms with Crippen LogP contribution in [0.2, 0.25) is 0 Å². The molecule has 0 saturated carbocycles. The highest BCUT2D eigenvalue weighted by Crippen LogP contribution is 2.11. The van der Waals surface area contributed by atoms with E-state index in [2.05, 4.69) is 42.4 Å². The third-order valence-electron chi connectivity index (χ3n) is 2.46. The van der Waals surface area contributed by atoms with Gasteiger partial charge in [-0.2, -0.15) is 5.10 Å². The fourth-order valence-corrected chi connectivity index (χ4v) is 2.30. The van der Waals surface area contributed by atoms with Crippen molar-refractivity contribution in [2.24, 2.45) is 0 Å². The van der Waals surface area contributed by atoms with Crippen molar-refractivity contribution in [1.29, 1.82) is 0 Å². The van der Waals surface area contributed by atoms with Crippen molar-refractivity contribution in [3.63, 3.8) is 0 Å². The molecule has 0 aliphatic carbocycles. The molecule has 4 nitrogen and oxygen atoms in total. The number of nitrogens with one attached hydrogen (secondary N) is 1. The Morgan fingerprint density at radius 3 is 2.76 bits per heavy atom. The van der Waals surface area contributed by atoms with Crippen LogP contribution in [0.25, 0.3) is 0 Å². The van der Waals surface area contributed by atoms with Gasteiger partial charge in [-0.15, -0.1) is 11.3 Å². The van der Waals surface area contributed by atoms with Gasteiger partial charge in [0.1, 0.15) is 5.01 Å². The van der Waals surface area contributed by atoms with Crippen molar-refractivity contribution in [2.45, 2.75) is 39.9 Å². The van der Waals surface area contributed by atoms with E-state index in [1.165, 1.54) is 10.4 Å². The van der Waals surface area contributed by atoms with E-state index in [9.17, 15) is 0 Å². The molecule has 0 amide bonds. The molecule has 0 radical (unpaired) electrons. The topological polar surface area (TPSA) is 42.7 Å². The predicted molar refractivity (Wildman–Crippen MR) is 70.0 cm³/mol. The molecule has 2 heterocycles. The Balaban J connectivity index is 1.81. The molecule has 2 rings (SSSR count). The summed E-state index contributed by atoms with van der Waals surface area (Å²) in [5.41, 5.74) is 1.21. The van der Waals surface area contributed by atoms with E-state index in [0.717, 1.165) is 18.1 Å². The summed E-state index contributed by atoms with van der Waals surface area (Å²) in [6, 6.07) is 0.422. The highest BCUT2D eigenvalue weighted by atomic mass is 32.1. The van der Waals surface area contributed by atoms with E-state index in [0.29, 0.717) is 6.04 Å². The van der Waals surface area contributed by atoms with Gasteiger partial charge in [0, 0.05) is 42.0 Å². The zero-order valence-corrected chi connectivity index (χ0v) is 11.3. The molecule has 0 aliphatic rings.